The second kappa shape index (κ2) is 75.4. The molecule has 0 aliphatic rings. The van der Waals surface area contributed by atoms with Gasteiger partial charge in [-0.3, -0.25) is 18.6 Å². The number of nitrogens with two attached hydrogens (primary N) is 1. The minimum absolute atomic E-state index is 0.0518. The number of unbranched alkanes of at least 4 members (excludes halogenated alkanes) is 38. The Balaban J connectivity index is 3.82. The lowest BCUT2D eigenvalue weighted by molar-refractivity contribution is -0.161. The van der Waals surface area contributed by atoms with Crippen LogP contribution in [0.25, 0.3) is 0 Å². The maximum atomic E-state index is 12.8. The van der Waals surface area contributed by atoms with E-state index in [0.29, 0.717) is 6.42 Å². The lowest BCUT2D eigenvalue weighted by Crippen LogP contribution is -2.29. The fourth-order valence-electron chi connectivity index (χ4n) is 10.8. The SMILES string of the molecule is CC/C=C\C/C=C\C/C=C\C/C=C\C/C=C\CCCCCCCCCCCCCCCCCCCCCC(=O)OCC(COP(=O)(O)OCCN)OC(=O)CCCCCCCCCCCCCCCCCCCCC/C=C\C/C=C\C/C=C\C/C=C\C/C=C\CC. The molecule has 10 heteroatoms. The summed E-state index contributed by atoms with van der Waals surface area (Å²) in [7, 11) is -4.40. The van der Waals surface area contributed by atoms with Crippen molar-refractivity contribution in [2.24, 2.45) is 5.73 Å². The molecule has 0 spiro atoms. The Hall–Kier alpha value is -3.59. The van der Waals surface area contributed by atoms with Gasteiger partial charge in [0.25, 0.3) is 0 Å². The van der Waals surface area contributed by atoms with Gasteiger partial charge >= 0.3 is 19.8 Å². The molecule has 0 aromatic rings. The van der Waals surface area contributed by atoms with Gasteiger partial charge in [-0.25, -0.2) is 4.57 Å². The van der Waals surface area contributed by atoms with Gasteiger partial charge in [-0.2, -0.15) is 0 Å². The predicted molar refractivity (Wildman–Crippen MR) is 394 cm³/mol. The van der Waals surface area contributed by atoms with Crippen LogP contribution in [0.5, 0.6) is 0 Å². The van der Waals surface area contributed by atoms with Crippen molar-refractivity contribution in [2.45, 2.75) is 354 Å². The van der Waals surface area contributed by atoms with Crippen LogP contribution in [0.1, 0.15) is 348 Å². The first-order chi connectivity index (χ1) is 44.8. The highest BCUT2D eigenvalue weighted by molar-refractivity contribution is 7.47. The quantitative estimate of drug-likeness (QED) is 0.0264. The number of hydrogen-bond donors (Lipinski definition) is 2. The molecular weight excluding hydrogens is 1150 g/mol. The van der Waals surface area contributed by atoms with E-state index >= 15 is 0 Å². The summed E-state index contributed by atoms with van der Waals surface area (Å²) in [5.41, 5.74) is 5.41. The zero-order chi connectivity index (χ0) is 65.8. The lowest BCUT2D eigenvalue weighted by Gasteiger charge is -2.19. The van der Waals surface area contributed by atoms with Crippen molar-refractivity contribution in [3.63, 3.8) is 0 Å². The largest absolute Gasteiger partial charge is 0.472 e. The molecule has 3 N–H and O–H groups in total. The summed E-state index contributed by atoms with van der Waals surface area (Å²) in [6, 6.07) is 0. The summed E-state index contributed by atoms with van der Waals surface area (Å²) in [6.07, 6.45) is 106. The summed E-state index contributed by atoms with van der Waals surface area (Å²) in [5.74, 6) is -0.814. The molecule has 0 radical (unpaired) electrons. The van der Waals surface area contributed by atoms with Crippen LogP contribution in [0.2, 0.25) is 0 Å². The fraction of sp³-hybridized carbons (Fsp3) is 0.728. The van der Waals surface area contributed by atoms with Crippen LogP contribution < -0.4 is 5.73 Å². The molecule has 0 saturated carbocycles. The Bertz CT molecular complexity index is 1910. The van der Waals surface area contributed by atoms with Crippen LogP contribution in [0.3, 0.4) is 0 Å². The van der Waals surface area contributed by atoms with Gasteiger partial charge in [0, 0.05) is 19.4 Å². The first kappa shape index (κ1) is 87.4. The van der Waals surface area contributed by atoms with E-state index in [2.05, 4.69) is 135 Å². The van der Waals surface area contributed by atoms with Gasteiger partial charge < -0.3 is 20.1 Å². The highest BCUT2D eigenvalue weighted by Gasteiger charge is 2.26. The van der Waals surface area contributed by atoms with Gasteiger partial charge in [-0.1, -0.05) is 354 Å². The number of ether oxygens (including phenoxy) is 2. The Morgan fingerprint density at radius 3 is 0.846 bits per heavy atom. The van der Waals surface area contributed by atoms with E-state index in [1.807, 2.05) is 0 Å². The molecule has 9 nitrogen and oxygen atoms in total. The molecule has 0 aliphatic carbocycles. The van der Waals surface area contributed by atoms with Crippen molar-refractivity contribution < 1.29 is 37.6 Å². The average Bonchev–Trinajstić information content (AvgIpc) is 3.74. The summed E-state index contributed by atoms with van der Waals surface area (Å²) in [4.78, 5) is 35.4. The molecule has 0 rings (SSSR count). The van der Waals surface area contributed by atoms with Crippen LogP contribution in [0.15, 0.2) is 122 Å². The first-order valence-electron chi connectivity index (χ1n) is 38.0. The van der Waals surface area contributed by atoms with Gasteiger partial charge in [0.15, 0.2) is 6.10 Å². The first-order valence-corrected chi connectivity index (χ1v) is 39.5. The molecule has 0 amide bonds. The van der Waals surface area contributed by atoms with Crippen LogP contribution >= 0.6 is 7.82 Å². The van der Waals surface area contributed by atoms with Gasteiger partial charge in [-0.15, -0.1) is 0 Å². The number of rotatable bonds is 71. The van der Waals surface area contributed by atoms with Crippen molar-refractivity contribution >= 4 is 19.8 Å². The fourth-order valence-corrected chi connectivity index (χ4v) is 11.6. The molecule has 91 heavy (non-hydrogen) atoms. The summed E-state index contributed by atoms with van der Waals surface area (Å²) >= 11 is 0. The number of carbonyl (C=O) groups excluding carboxylic acids is 2. The number of phosphoric ester groups is 1. The zero-order valence-corrected chi connectivity index (χ0v) is 59.9. The molecule has 524 valence electrons. The van der Waals surface area contributed by atoms with Gasteiger partial charge in [-0.05, 0) is 103 Å². The third-order valence-electron chi connectivity index (χ3n) is 16.3. The number of allylic oxidation sites excluding steroid dienone is 20. The molecule has 0 bridgehead atoms. The van der Waals surface area contributed by atoms with Crippen LogP contribution in [-0.4, -0.2) is 49.3 Å². The van der Waals surface area contributed by atoms with Crippen molar-refractivity contribution in [2.75, 3.05) is 26.4 Å². The van der Waals surface area contributed by atoms with E-state index in [0.717, 1.165) is 103 Å². The second-order valence-corrected chi connectivity index (χ2v) is 26.6. The Morgan fingerprint density at radius 1 is 0.330 bits per heavy atom. The van der Waals surface area contributed by atoms with Crippen molar-refractivity contribution in [3.05, 3.63) is 122 Å². The van der Waals surface area contributed by atoms with Crippen LogP contribution in [0.4, 0.5) is 0 Å². The van der Waals surface area contributed by atoms with Crippen molar-refractivity contribution in [1.29, 1.82) is 0 Å². The minimum atomic E-state index is -4.40. The van der Waals surface area contributed by atoms with Gasteiger partial charge in [0.2, 0.25) is 0 Å². The Labute approximate surface area is 561 Å². The summed E-state index contributed by atoms with van der Waals surface area (Å²) < 4.78 is 33.3. The highest BCUT2D eigenvalue weighted by Crippen LogP contribution is 2.43. The van der Waals surface area contributed by atoms with E-state index in [1.165, 1.54) is 212 Å². The predicted octanol–water partition coefficient (Wildman–Crippen LogP) is 25.4. The number of phosphoric acid groups is 1. The third-order valence-corrected chi connectivity index (χ3v) is 17.3. The highest BCUT2D eigenvalue weighted by atomic mass is 31.2. The monoisotopic (exact) mass is 1290 g/mol. The molecule has 2 atom stereocenters. The summed E-state index contributed by atoms with van der Waals surface area (Å²) in [6.45, 7) is 3.56. The number of hydrogen-bond acceptors (Lipinski definition) is 8. The molecule has 0 fully saturated rings. The molecular formula is C81H142NO8P. The Morgan fingerprint density at radius 2 is 0.571 bits per heavy atom. The minimum Gasteiger partial charge on any atom is -0.462 e. The molecule has 0 aromatic carbocycles. The van der Waals surface area contributed by atoms with Crippen LogP contribution in [-0.2, 0) is 32.7 Å². The molecule has 0 aromatic heterocycles. The smallest absolute Gasteiger partial charge is 0.462 e. The maximum Gasteiger partial charge on any atom is 0.472 e. The van der Waals surface area contributed by atoms with E-state index < -0.39 is 26.5 Å². The Kier molecular flexibility index (Phi) is 72.5. The number of carbonyl (C=O) groups is 2. The van der Waals surface area contributed by atoms with E-state index in [9.17, 15) is 19.0 Å². The van der Waals surface area contributed by atoms with E-state index in [1.54, 1.807) is 0 Å². The molecule has 2 unspecified atom stereocenters. The topological polar surface area (TPSA) is 134 Å². The van der Waals surface area contributed by atoms with Crippen LogP contribution in [0, 0.1) is 0 Å². The standard InChI is InChI=1S/C81H142NO8P/c1-3-5-7-9-11-13-15-17-19-21-23-25-27-29-31-33-35-37-39-41-43-45-47-49-51-53-55-57-59-61-63-65-67-69-71-73-80(83)87-77-79(78-89-91(85,86)88-76-75-82)90-81(84)74-72-70-68-66-64-62-60-58-56-54-52-50-48-46-44-42-40-38-36-34-32-30-28-26-24-22-20-18-16-14-12-10-8-6-4-2/h5-8,11-14,17-20,23-26,29-32,79H,3-4,9-10,15-16,21-22,27-28,33-78,82H2,1-2H3,(H,85,86)/b7-5-,8-6-,13-11-,14-12-,19-17-,20-18-,25-23-,26-24-,31-29-,32-30-. The third kappa shape index (κ3) is 75.3. The number of esters is 2. The zero-order valence-electron chi connectivity index (χ0n) is 59.1. The second-order valence-electron chi connectivity index (χ2n) is 25.1. The summed E-state index contributed by atoms with van der Waals surface area (Å²) in [5, 5.41) is 0. The van der Waals surface area contributed by atoms with Gasteiger partial charge in [0.1, 0.15) is 6.61 Å². The van der Waals surface area contributed by atoms with E-state index in [-0.39, 0.29) is 38.6 Å². The van der Waals surface area contributed by atoms with Crippen molar-refractivity contribution in [1.82, 2.24) is 0 Å². The molecule has 0 heterocycles. The average molecular weight is 1290 g/mol. The maximum absolute atomic E-state index is 12.8. The normalized spacial score (nSPS) is 13.6. The molecule has 0 saturated heterocycles. The van der Waals surface area contributed by atoms with E-state index in [4.69, 9.17) is 24.3 Å². The molecule has 0 aliphatic heterocycles. The van der Waals surface area contributed by atoms with Gasteiger partial charge in [0.05, 0.1) is 13.2 Å². The lowest BCUT2D eigenvalue weighted by atomic mass is 10.0. The van der Waals surface area contributed by atoms with Crippen molar-refractivity contribution in [3.8, 4) is 0 Å².